The molecule has 4 nitrogen and oxygen atoms in total. The second-order valence-electron chi connectivity index (χ2n) is 3.92. The molecule has 0 radical (unpaired) electrons. The molecule has 1 aromatic carbocycles. The van der Waals surface area contributed by atoms with Crippen molar-refractivity contribution < 1.29 is 19.1 Å². The summed E-state index contributed by atoms with van der Waals surface area (Å²) in [4.78, 5) is 23.2. The van der Waals surface area contributed by atoms with Crippen molar-refractivity contribution >= 4 is 11.9 Å². The number of carbonyl (C=O) groups excluding carboxylic acids is 2. The van der Waals surface area contributed by atoms with Gasteiger partial charge in [0.15, 0.2) is 6.10 Å². The van der Waals surface area contributed by atoms with Crippen LogP contribution in [0.5, 0.6) is 0 Å². The van der Waals surface area contributed by atoms with E-state index < -0.39 is 18.0 Å². The van der Waals surface area contributed by atoms with E-state index in [1.165, 1.54) is 0 Å². The fraction of sp³-hybridized carbons (Fsp3) is 0.385. The van der Waals surface area contributed by atoms with Crippen LogP contribution in [0, 0.1) is 0 Å². The molecule has 1 saturated heterocycles. The Morgan fingerprint density at radius 1 is 1.24 bits per heavy atom. The highest BCUT2D eigenvalue weighted by Gasteiger charge is 2.26. The third-order valence-corrected chi connectivity index (χ3v) is 2.63. The summed E-state index contributed by atoms with van der Waals surface area (Å²) < 4.78 is 10.1. The van der Waals surface area contributed by atoms with Gasteiger partial charge >= 0.3 is 11.9 Å². The van der Waals surface area contributed by atoms with Gasteiger partial charge in [-0.2, -0.15) is 0 Å². The highest BCUT2D eigenvalue weighted by Crippen LogP contribution is 2.14. The molecule has 0 aliphatic carbocycles. The topological polar surface area (TPSA) is 52.6 Å². The Labute approximate surface area is 99.5 Å². The van der Waals surface area contributed by atoms with E-state index in [4.69, 9.17) is 9.47 Å². The number of hydrogen-bond donors (Lipinski definition) is 0. The van der Waals surface area contributed by atoms with Crippen molar-refractivity contribution in [3.05, 3.63) is 35.9 Å². The molecule has 1 atom stereocenters. The minimum atomic E-state index is -0.759. The van der Waals surface area contributed by atoms with Gasteiger partial charge in [0.1, 0.15) is 0 Å². The normalized spacial score (nSPS) is 20.2. The molecule has 0 amide bonds. The molecule has 17 heavy (non-hydrogen) atoms. The van der Waals surface area contributed by atoms with Crippen LogP contribution in [-0.4, -0.2) is 24.6 Å². The Morgan fingerprint density at radius 3 is 2.76 bits per heavy atom. The van der Waals surface area contributed by atoms with Crippen LogP contribution in [0.2, 0.25) is 0 Å². The molecule has 1 aliphatic heterocycles. The van der Waals surface area contributed by atoms with Crippen LogP contribution < -0.4 is 0 Å². The molecule has 0 saturated carbocycles. The second kappa shape index (κ2) is 5.48. The summed E-state index contributed by atoms with van der Waals surface area (Å²) in [6, 6.07) is 8.63. The van der Waals surface area contributed by atoms with E-state index in [-0.39, 0.29) is 0 Å². The Balaban J connectivity index is 2.00. The van der Waals surface area contributed by atoms with Crippen molar-refractivity contribution in [2.45, 2.75) is 25.4 Å². The molecule has 0 spiro atoms. The number of ether oxygens (including phenoxy) is 2. The minimum Gasteiger partial charge on any atom is -0.463 e. The average Bonchev–Trinajstić information content (AvgIpc) is 2.56. The second-order valence-corrected chi connectivity index (χ2v) is 3.92. The van der Waals surface area contributed by atoms with Gasteiger partial charge in [-0.05, 0) is 31.4 Å². The van der Waals surface area contributed by atoms with Gasteiger partial charge in [0.25, 0.3) is 0 Å². The van der Waals surface area contributed by atoms with Crippen molar-refractivity contribution in [1.29, 1.82) is 0 Å². The molecule has 1 aliphatic rings. The Kier molecular flexibility index (Phi) is 3.75. The number of benzene rings is 1. The molecular formula is C13H14O4. The molecule has 0 aromatic heterocycles. The summed E-state index contributed by atoms with van der Waals surface area (Å²) in [6.07, 6.45) is 1.44. The molecule has 1 fully saturated rings. The number of carbonyl (C=O) groups is 2. The zero-order valence-corrected chi connectivity index (χ0v) is 9.43. The maximum atomic E-state index is 11.7. The van der Waals surface area contributed by atoms with E-state index in [0.29, 0.717) is 18.6 Å². The van der Waals surface area contributed by atoms with E-state index in [1.807, 2.05) is 6.07 Å². The van der Waals surface area contributed by atoms with E-state index >= 15 is 0 Å². The van der Waals surface area contributed by atoms with Gasteiger partial charge in [0.05, 0.1) is 12.2 Å². The molecule has 0 N–H and O–H groups in total. The SMILES string of the molecule is O=C(OC1CCCCOC1=O)c1ccccc1. The predicted molar refractivity (Wildman–Crippen MR) is 60.5 cm³/mol. The summed E-state index contributed by atoms with van der Waals surface area (Å²) in [6.45, 7) is 0.415. The van der Waals surface area contributed by atoms with Crippen molar-refractivity contribution in [2.24, 2.45) is 0 Å². The van der Waals surface area contributed by atoms with Crippen molar-refractivity contribution in [1.82, 2.24) is 0 Å². The van der Waals surface area contributed by atoms with Crippen molar-refractivity contribution in [3.8, 4) is 0 Å². The standard InChI is InChI=1S/C13H14O4/c14-12(10-6-2-1-3-7-10)17-11-8-4-5-9-16-13(11)15/h1-3,6-7,11H,4-5,8-9H2. The molecular weight excluding hydrogens is 220 g/mol. The monoisotopic (exact) mass is 234 g/mol. The van der Waals surface area contributed by atoms with E-state index in [9.17, 15) is 9.59 Å². The van der Waals surface area contributed by atoms with E-state index in [0.717, 1.165) is 12.8 Å². The Morgan fingerprint density at radius 2 is 2.00 bits per heavy atom. The van der Waals surface area contributed by atoms with Gasteiger partial charge in [-0.1, -0.05) is 18.2 Å². The first-order chi connectivity index (χ1) is 8.27. The fourth-order valence-corrected chi connectivity index (χ4v) is 1.69. The number of esters is 2. The lowest BCUT2D eigenvalue weighted by Gasteiger charge is -2.13. The highest BCUT2D eigenvalue weighted by atomic mass is 16.6. The molecule has 0 bridgehead atoms. The molecule has 1 aromatic rings. The lowest BCUT2D eigenvalue weighted by atomic mass is 10.2. The average molecular weight is 234 g/mol. The largest absolute Gasteiger partial charge is 0.463 e. The molecule has 4 heteroatoms. The zero-order valence-electron chi connectivity index (χ0n) is 9.43. The van der Waals surface area contributed by atoms with Crippen LogP contribution in [0.4, 0.5) is 0 Å². The van der Waals surface area contributed by atoms with Crippen LogP contribution >= 0.6 is 0 Å². The third-order valence-electron chi connectivity index (χ3n) is 2.63. The first-order valence-electron chi connectivity index (χ1n) is 5.70. The molecule has 2 rings (SSSR count). The maximum Gasteiger partial charge on any atom is 0.347 e. The zero-order chi connectivity index (χ0) is 12.1. The first-order valence-corrected chi connectivity index (χ1v) is 5.70. The molecule has 90 valence electrons. The van der Waals surface area contributed by atoms with Crippen LogP contribution in [0.3, 0.4) is 0 Å². The van der Waals surface area contributed by atoms with Crippen molar-refractivity contribution in [2.75, 3.05) is 6.61 Å². The molecule has 1 unspecified atom stereocenters. The first kappa shape index (κ1) is 11.6. The lowest BCUT2D eigenvalue weighted by Crippen LogP contribution is -2.27. The van der Waals surface area contributed by atoms with Crippen LogP contribution in [0.25, 0.3) is 0 Å². The third kappa shape index (κ3) is 3.06. The van der Waals surface area contributed by atoms with Gasteiger partial charge in [-0.25, -0.2) is 9.59 Å². The molecule has 1 heterocycles. The smallest absolute Gasteiger partial charge is 0.347 e. The van der Waals surface area contributed by atoms with Gasteiger partial charge in [-0.15, -0.1) is 0 Å². The summed E-state index contributed by atoms with van der Waals surface area (Å²) >= 11 is 0. The van der Waals surface area contributed by atoms with E-state index in [2.05, 4.69) is 0 Å². The number of cyclic esters (lactones) is 1. The maximum absolute atomic E-state index is 11.7. The number of hydrogen-bond acceptors (Lipinski definition) is 4. The van der Waals surface area contributed by atoms with Gasteiger partial charge in [-0.3, -0.25) is 0 Å². The van der Waals surface area contributed by atoms with Crippen LogP contribution in [0.1, 0.15) is 29.6 Å². The fourth-order valence-electron chi connectivity index (χ4n) is 1.69. The van der Waals surface area contributed by atoms with E-state index in [1.54, 1.807) is 24.3 Å². The van der Waals surface area contributed by atoms with Crippen molar-refractivity contribution in [3.63, 3.8) is 0 Å². The van der Waals surface area contributed by atoms with Crippen LogP contribution in [0.15, 0.2) is 30.3 Å². The predicted octanol–water partition coefficient (Wildman–Crippen LogP) is 1.94. The summed E-state index contributed by atoms with van der Waals surface area (Å²) in [7, 11) is 0. The summed E-state index contributed by atoms with van der Waals surface area (Å²) in [5, 5.41) is 0. The number of rotatable bonds is 2. The highest BCUT2D eigenvalue weighted by molar-refractivity contribution is 5.91. The van der Waals surface area contributed by atoms with Gasteiger partial charge < -0.3 is 9.47 Å². The minimum absolute atomic E-state index is 0.415. The van der Waals surface area contributed by atoms with Crippen LogP contribution in [-0.2, 0) is 14.3 Å². The quantitative estimate of drug-likeness (QED) is 0.734. The lowest BCUT2D eigenvalue weighted by molar-refractivity contribution is -0.152. The Bertz CT molecular complexity index is 399. The van der Waals surface area contributed by atoms with Gasteiger partial charge in [0.2, 0.25) is 0 Å². The Hall–Kier alpha value is -1.84. The van der Waals surface area contributed by atoms with Gasteiger partial charge in [0, 0.05) is 0 Å². The summed E-state index contributed by atoms with van der Waals surface area (Å²) in [5.41, 5.74) is 0.449. The summed E-state index contributed by atoms with van der Waals surface area (Å²) in [5.74, 6) is -0.916.